The van der Waals surface area contributed by atoms with Crippen LogP contribution in [-0.2, 0) is 17.1 Å². The minimum atomic E-state index is -3.69. The second-order valence-electron chi connectivity index (χ2n) is 4.67. The molecule has 0 N–H and O–H groups in total. The van der Waals surface area contributed by atoms with Crippen molar-refractivity contribution in [3.8, 4) is 0 Å². The monoisotopic (exact) mass is 290 g/mol. The van der Waals surface area contributed by atoms with Crippen LogP contribution in [0.3, 0.4) is 0 Å². The van der Waals surface area contributed by atoms with E-state index in [0.29, 0.717) is 22.6 Å². The Morgan fingerprint density at radius 1 is 1.15 bits per heavy atom. The van der Waals surface area contributed by atoms with E-state index >= 15 is 0 Å². The fraction of sp³-hybridized carbons (Fsp3) is 0.231. The average Bonchev–Trinajstić information content (AvgIpc) is 2.88. The van der Waals surface area contributed by atoms with Crippen molar-refractivity contribution in [1.82, 2.24) is 18.7 Å². The lowest BCUT2D eigenvalue weighted by Crippen LogP contribution is -2.15. The highest BCUT2D eigenvalue weighted by Crippen LogP contribution is 2.24. The second-order valence-corrected chi connectivity index (χ2v) is 6.42. The lowest BCUT2D eigenvalue weighted by Gasteiger charge is -2.07. The fourth-order valence-electron chi connectivity index (χ4n) is 2.36. The van der Waals surface area contributed by atoms with Crippen molar-refractivity contribution >= 4 is 21.1 Å². The Kier molecular flexibility index (Phi) is 2.68. The van der Waals surface area contributed by atoms with Gasteiger partial charge in [-0.25, -0.2) is 17.4 Å². The molecule has 0 aliphatic rings. The summed E-state index contributed by atoms with van der Waals surface area (Å²) in [6.45, 7) is 3.37. The van der Waals surface area contributed by atoms with Crippen LogP contribution in [0.4, 0.5) is 0 Å². The molecular formula is C13H14N4O2S. The summed E-state index contributed by atoms with van der Waals surface area (Å²) >= 11 is 0. The van der Waals surface area contributed by atoms with Crippen LogP contribution in [0.5, 0.6) is 0 Å². The van der Waals surface area contributed by atoms with Gasteiger partial charge in [-0.05, 0) is 26.0 Å². The lowest BCUT2D eigenvalue weighted by molar-refractivity contribution is 0.586. The van der Waals surface area contributed by atoms with Crippen LogP contribution in [0.15, 0.2) is 35.4 Å². The molecule has 104 valence electrons. The third kappa shape index (κ3) is 1.74. The third-order valence-electron chi connectivity index (χ3n) is 3.16. The molecule has 0 unspecified atom stereocenters. The number of fused-ring (bicyclic) bond motifs is 1. The summed E-state index contributed by atoms with van der Waals surface area (Å²) in [6, 6.07) is 7.18. The van der Waals surface area contributed by atoms with Gasteiger partial charge in [-0.2, -0.15) is 5.10 Å². The Labute approximate surface area is 116 Å². The van der Waals surface area contributed by atoms with E-state index in [-0.39, 0.29) is 4.90 Å². The normalized spacial score (nSPS) is 12.2. The number of para-hydroxylation sites is 2. The second kappa shape index (κ2) is 4.17. The van der Waals surface area contributed by atoms with Gasteiger partial charge in [-0.1, -0.05) is 12.1 Å². The Hall–Kier alpha value is -2.15. The van der Waals surface area contributed by atoms with Gasteiger partial charge in [0.25, 0.3) is 10.0 Å². The number of imidazole rings is 1. The van der Waals surface area contributed by atoms with Crippen molar-refractivity contribution in [3.05, 3.63) is 42.0 Å². The maximum absolute atomic E-state index is 12.8. The topological polar surface area (TPSA) is 69.8 Å². The molecule has 0 radical (unpaired) electrons. The highest BCUT2D eigenvalue weighted by molar-refractivity contribution is 7.90. The minimum absolute atomic E-state index is 0.200. The first kappa shape index (κ1) is 12.9. The Bertz CT molecular complexity index is 906. The van der Waals surface area contributed by atoms with Crippen molar-refractivity contribution < 1.29 is 8.42 Å². The fourth-order valence-corrected chi connectivity index (χ4v) is 4.06. The smallest absolute Gasteiger partial charge is 0.273 e. The van der Waals surface area contributed by atoms with Gasteiger partial charge in [0.1, 0.15) is 10.7 Å². The quantitative estimate of drug-likeness (QED) is 0.719. The van der Waals surface area contributed by atoms with Crippen molar-refractivity contribution in [2.24, 2.45) is 7.05 Å². The van der Waals surface area contributed by atoms with E-state index < -0.39 is 10.0 Å². The largest absolute Gasteiger partial charge is 0.274 e. The Morgan fingerprint density at radius 2 is 1.85 bits per heavy atom. The predicted molar refractivity (Wildman–Crippen MR) is 75.0 cm³/mol. The van der Waals surface area contributed by atoms with Crippen LogP contribution < -0.4 is 0 Å². The molecule has 3 aromatic rings. The first-order chi connectivity index (χ1) is 9.41. The third-order valence-corrected chi connectivity index (χ3v) is 5.06. The molecule has 0 saturated carbocycles. The highest BCUT2D eigenvalue weighted by Gasteiger charge is 2.25. The first-order valence-electron chi connectivity index (χ1n) is 6.11. The number of rotatable bonds is 2. The Morgan fingerprint density at radius 3 is 2.50 bits per heavy atom. The summed E-state index contributed by atoms with van der Waals surface area (Å²) in [5.74, 6) is 0.439. The molecule has 3 rings (SSSR count). The molecule has 0 bridgehead atoms. The molecule has 0 saturated heterocycles. The summed E-state index contributed by atoms with van der Waals surface area (Å²) in [6.07, 6.45) is 1.51. The van der Waals surface area contributed by atoms with E-state index in [9.17, 15) is 8.42 Å². The minimum Gasteiger partial charge on any atom is -0.274 e. The van der Waals surface area contributed by atoms with E-state index in [0.717, 1.165) is 0 Å². The van der Waals surface area contributed by atoms with Gasteiger partial charge in [0, 0.05) is 13.2 Å². The molecule has 0 fully saturated rings. The summed E-state index contributed by atoms with van der Waals surface area (Å²) in [5, 5.41) is 4.10. The molecule has 0 amide bonds. The van der Waals surface area contributed by atoms with E-state index in [4.69, 9.17) is 0 Å². The van der Waals surface area contributed by atoms with Crippen LogP contribution >= 0.6 is 0 Å². The number of nitrogens with zero attached hydrogens (tertiary/aromatic N) is 4. The highest BCUT2D eigenvalue weighted by atomic mass is 32.2. The van der Waals surface area contributed by atoms with E-state index in [2.05, 4.69) is 10.1 Å². The molecule has 0 spiro atoms. The van der Waals surface area contributed by atoms with Gasteiger partial charge < -0.3 is 0 Å². The van der Waals surface area contributed by atoms with Gasteiger partial charge in [-0.15, -0.1) is 0 Å². The number of aromatic nitrogens is 4. The molecule has 6 nitrogen and oxygen atoms in total. The van der Waals surface area contributed by atoms with Crippen LogP contribution in [0.2, 0.25) is 0 Å². The zero-order valence-corrected chi connectivity index (χ0v) is 12.2. The van der Waals surface area contributed by atoms with Crippen molar-refractivity contribution in [2.45, 2.75) is 18.7 Å². The molecule has 2 heterocycles. The van der Waals surface area contributed by atoms with Gasteiger partial charge in [0.2, 0.25) is 0 Å². The van der Waals surface area contributed by atoms with Crippen LogP contribution in [0.1, 0.15) is 11.5 Å². The zero-order chi connectivity index (χ0) is 14.5. The lowest BCUT2D eigenvalue weighted by atomic mass is 10.3. The number of hydrogen-bond acceptors (Lipinski definition) is 4. The molecule has 2 aromatic heterocycles. The predicted octanol–water partition coefficient (Wildman–Crippen LogP) is 1.62. The summed E-state index contributed by atoms with van der Waals surface area (Å²) in [5.41, 5.74) is 1.72. The van der Waals surface area contributed by atoms with E-state index in [1.807, 2.05) is 6.07 Å². The van der Waals surface area contributed by atoms with Gasteiger partial charge >= 0.3 is 0 Å². The molecule has 0 aliphatic heterocycles. The van der Waals surface area contributed by atoms with Gasteiger partial charge in [0.05, 0.1) is 16.7 Å². The molecular weight excluding hydrogens is 276 g/mol. The number of hydrogen-bond donors (Lipinski definition) is 0. The maximum Gasteiger partial charge on any atom is 0.273 e. The van der Waals surface area contributed by atoms with E-state index in [1.165, 1.54) is 14.9 Å². The van der Waals surface area contributed by atoms with Gasteiger partial charge in [-0.3, -0.25) is 4.68 Å². The van der Waals surface area contributed by atoms with Crippen molar-refractivity contribution in [3.63, 3.8) is 0 Å². The maximum atomic E-state index is 12.8. The Balaban J connectivity index is 2.35. The zero-order valence-electron chi connectivity index (χ0n) is 11.4. The first-order valence-corrected chi connectivity index (χ1v) is 7.55. The molecule has 0 atom stereocenters. The number of aryl methyl sites for hydroxylation is 3. The van der Waals surface area contributed by atoms with Crippen molar-refractivity contribution in [2.75, 3.05) is 0 Å². The summed E-state index contributed by atoms with van der Waals surface area (Å²) < 4.78 is 28.4. The van der Waals surface area contributed by atoms with Crippen LogP contribution in [0.25, 0.3) is 11.0 Å². The van der Waals surface area contributed by atoms with Crippen LogP contribution in [-0.4, -0.2) is 27.2 Å². The summed E-state index contributed by atoms with van der Waals surface area (Å²) in [4.78, 5) is 4.50. The number of benzene rings is 1. The van der Waals surface area contributed by atoms with E-state index in [1.54, 1.807) is 39.1 Å². The molecule has 7 heteroatoms. The summed E-state index contributed by atoms with van der Waals surface area (Å²) in [7, 11) is -1.99. The van der Waals surface area contributed by atoms with Crippen molar-refractivity contribution in [1.29, 1.82) is 0 Å². The molecule has 20 heavy (non-hydrogen) atoms. The average molecular weight is 290 g/mol. The molecule has 0 aliphatic carbocycles. The van der Waals surface area contributed by atoms with Gasteiger partial charge in [0.15, 0.2) is 0 Å². The molecule has 1 aromatic carbocycles. The SMILES string of the molecule is Cc1nn(C)cc1S(=O)(=O)n1c(C)nc2ccccc21. The standard InChI is InChI=1S/C13H14N4O2S/c1-9-13(8-16(3)15-9)20(18,19)17-10(2)14-11-6-4-5-7-12(11)17/h4-8H,1-3H3. The van der Waals surface area contributed by atoms with Crippen LogP contribution in [0, 0.1) is 13.8 Å².